The van der Waals surface area contributed by atoms with E-state index in [-0.39, 0.29) is 5.92 Å². The van der Waals surface area contributed by atoms with Gasteiger partial charge in [-0.3, -0.25) is 4.79 Å². The number of hydrogen-bond acceptors (Lipinski definition) is 1. The van der Waals surface area contributed by atoms with Crippen molar-refractivity contribution in [2.45, 2.75) is 39.0 Å². The Morgan fingerprint density at radius 1 is 1.71 bits per heavy atom. The van der Waals surface area contributed by atoms with Crippen LogP contribution in [-0.2, 0) is 4.79 Å². The van der Waals surface area contributed by atoms with Crippen molar-refractivity contribution in [1.82, 2.24) is 0 Å². The molecule has 0 bridgehead atoms. The quantitative estimate of drug-likeness (QED) is 0.698. The second-order valence-electron chi connectivity index (χ2n) is 3.78. The molecule has 0 saturated heterocycles. The molecule has 0 heterocycles. The zero-order valence-corrected chi connectivity index (χ0v) is 8.70. The zero-order chi connectivity index (χ0) is 10.4. The van der Waals surface area contributed by atoms with Crippen molar-refractivity contribution in [2.24, 2.45) is 5.92 Å². The van der Waals surface area contributed by atoms with Gasteiger partial charge in [0.1, 0.15) is 0 Å². The molecule has 0 aromatic carbocycles. The second-order valence-corrected chi connectivity index (χ2v) is 3.78. The molecule has 1 aliphatic rings. The van der Waals surface area contributed by atoms with E-state index in [0.717, 1.165) is 32.1 Å². The Labute approximate surface area is 85.3 Å². The fraction of sp³-hybridized carbons (Fsp3) is 0.583. The Hall–Kier alpha value is -1.05. The van der Waals surface area contributed by atoms with Crippen LogP contribution in [0.5, 0.6) is 0 Å². The van der Waals surface area contributed by atoms with Crippen LogP contribution in [0.4, 0.5) is 0 Å². The molecule has 0 spiro atoms. The fourth-order valence-electron chi connectivity index (χ4n) is 1.78. The summed E-state index contributed by atoms with van der Waals surface area (Å²) in [5, 5.41) is 8.80. The highest BCUT2D eigenvalue weighted by Gasteiger charge is 2.19. The first kappa shape index (κ1) is 11.0. The average Bonchev–Trinajstić information content (AvgIpc) is 2.19. The largest absolute Gasteiger partial charge is 0.481 e. The Kier molecular flexibility index (Phi) is 4.44. The van der Waals surface area contributed by atoms with Gasteiger partial charge in [-0.1, -0.05) is 23.8 Å². The highest BCUT2D eigenvalue weighted by molar-refractivity contribution is 5.70. The number of carboxylic acid groups (broad SMARTS) is 1. The summed E-state index contributed by atoms with van der Waals surface area (Å²) in [6.07, 6.45) is 11.0. The molecule has 1 atom stereocenters. The van der Waals surface area contributed by atoms with E-state index in [0.29, 0.717) is 0 Å². The van der Waals surface area contributed by atoms with Crippen LogP contribution in [0.25, 0.3) is 0 Å². The SMILES string of the molecule is C/C=C\CCC1=CCC(C(=O)O)CC1. The first-order valence-electron chi connectivity index (χ1n) is 5.26. The normalized spacial score (nSPS) is 22.4. The van der Waals surface area contributed by atoms with Crippen molar-refractivity contribution in [3.8, 4) is 0 Å². The number of rotatable bonds is 4. The molecule has 1 unspecified atom stereocenters. The third kappa shape index (κ3) is 3.36. The Balaban J connectivity index is 2.33. The topological polar surface area (TPSA) is 37.3 Å². The number of carbonyl (C=O) groups is 1. The summed E-state index contributed by atoms with van der Waals surface area (Å²) in [5.41, 5.74) is 1.43. The lowest BCUT2D eigenvalue weighted by molar-refractivity contribution is -0.141. The van der Waals surface area contributed by atoms with Gasteiger partial charge in [-0.15, -0.1) is 0 Å². The van der Waals surface area contributed by atoms with E-state index in [1.54, 1.807) is 0 Å². The number of allylic oxidation sites excluding steroid dienone is 4. The maximum absolute atomic E-state index is 10.7. The highest BCUT2D eigenvalue weighted by atomic mass is 16.4. The molecular formula is C12H18O2. The summed E-state index contributed by atoms with van der Waals surface area (Å²) in [4.78, 5) is 10.7. The zero-order valence-electron chi connectivity index (χ0n) is 8.70. The molecule has 14 heavy (non-hydrogen) atoms. The van der Waals surface area contributed by atoms with Crippen molar-refractivity contribution < 1.29 is 9.90 Å². The maximum atomic E-state index is 10.7. The molecule has 0 fully saturated rings. The Morgan fingerprint density at radius 3 is 3.00 bits per heavy atom. The molecule has 1 rings (SSSR count). The molecule has 0 aromatic heterocycles. The lowest BCUT2D eigenvalue weighted by Gasteiger charge is -2.17. The van der Waals surface area contributed by atoms with Crippen LogP contribution in [0.15, 0.2) is 23.8 Å². The predicted molar refractivity (Wildman–Crippen MR) is 57.1 cm³/mol. The van der Waals surface area contributed by atoms with Crippen LogP contribution >= 0.6 is 0 Å². The molecule has 0 aliphatic heterocycles. The van der Waals surface area contributed by atoms with Gasteiger partial charge in [0.25, 0.3) is 0 Å². The minimum absolute atomic E-state index is 0.138. The van der Waals surface area contributed by atoms with Crippen molar-refractivity contribution in [3.63, 3.8) is 0 Å². The molecule has 1 aliphatic carbocycles. The van der Waals surface area contributed by atoms with E-state index in [4.69, 9.17) is 5.11 Å². The van der Waals surface area contributed by atoms with Crippen LogP contribution in [0.1, 0.15) is 39.0 Å². The molecule has 0 saturated carbocycles. The van der Waals surface area contributed by atoms with E-state index in [1.807, 2.05) is 6.92 Å². The molecule has 0 aromatic rings. The van der Waals surface area contributed by atoms with Crippen LogP contribution in [0.2, 0.25) is 0 Å². The van der Waals surface area contributed by atoms with Crippen LogP contribution in [0.3, 0.4) is 0 Å². The summed E-state index contributed by atoms with van der Waals surface area (Å²) in [7, 11) is 0. The van der Waals surface area contributed by atoms with Gasteiger partial charge >= 0.3 is 5.97 Å². The van der Waals surface area contributed by atoms with Gasteiger partial charge in [0.2, 0.25) is 0 Å². The number of aliphatic carboxylic acids is 1. The van der Waals surface area contributed by atoms with E-state index in [9.17, 15) is 4.79 Å². The van der Waals surface area contributed by atoms with Gasteiger partial charge in [0.15, 0.2) is 0 Å². The highest BCUT2D eigenvalue weighted by Crippen LogP contribution is 2.26. The monoisotopic (exact) mass is 194 g/mol. The lowest BCUT2D eigenvalue weighted by Crippen LogP contribution is -2.15. The summed E-state index contributed by atoms with van der Waals surface area (Å²) in [6, 6.07) is 0. The van der Waals surface area contributed by atoms with Gasteiger partial charge in [-0.05, 0) is 39.0 Å². The van der Waals surface area contributed by atoms with Gasteiger partial charge in [-0.25, -0.2) is 0 Å². The molecule has 0 amide bonds. The van der Waals surface area contributed by atoms with E-state index < -0.39 is 5.97 Å². The number of hydrogen-bond donors (Lipinski definition) is 1. The summed E-state index contributed by atoms with van der Waals surface area (Å²) >= 11 is 0. The van der Waals surface area contributed by atoms with E-state index >= 15 is 0 Å². The summed E-state index contributed by atoms with van der Waals surface area (Å²) in [5.74, 6) is -0.783. The number of carboxylic acids is 1. The van der Waals surface area contributed by atoms with Gasteiger partial charge in [-0.2, -0.15) is 0 Å². The van der Waals surface area contributed by atoms with Gasteiger partial charge in [0, 0.05) is 0 Å². The van der Waals surface area contributed by atoms with Crippen LogP contribution in [-0.4, -0.2) is 11.1 Å². The fourth-order valence-corrected chi connectivity index (χ4v) is 1.78. The molecular weight excluding hydrogens is 176 g/mol. The molecule has 1 N–H and O–H groups in total. The minimum Gasteiger partial charge on any atom is -0.481 e. The average molecular weight is 194 g/mol. The van der Waals surface area contributed by atoms with Crippen molar-refractivity contribution in [1.29, 1.82) is 0 Å². The first-order valence-corrected chi connectivity index (χ1v) is 5.26. The second kappa shape index (κ2) is 5.63. The molecule has 0 radical (unpaired) electrons. The third-order valence-electron chi connectivity index (χ3n) is 2.72. The van der Waals surface area contributed by atoms with E-state index in [2.05, 4.69) is 18.2 Å². The smallest absolute Gasteiger partial charge is 0.306 e. The molecule has 2 heteroatoms. The van der Waals surface area contributed by atoms with Crippen LogP contribution < -0.4 is 0 Å². The molecule has 78 valence electrons. The third-order valence-corrected chi connectivity index (χ3v) is 2.72. The van der Waals surface area contributed by atoms with E-state index in [1.165, 1.54) is 5.57 Å². The Bertz CT molecular complexity index is 251. The first-order chi connectivity index (χ1) is 6.74. The van der Waals surface area contributed by atoms with Gasteiger partial charge in [0.05, 0.1) is 5.92 Å². The standard InChI is InChI=1S/C12H18O2/c1-2-3-4-5-10-6-8-11(9-7-10)12(13)14/h2-3,6,11H,4-5,7-9H2,1H3,(H,13,14)/b3-2-. The predicted octanol–water partition coefficient (Wildman–Crippen LogP) is 3.15. The minimum atomic E-state index is -0.645. The van der Waals surface area contributed by atoms with Gasteiger partial charge < -0.3 is 5.11 Å². The van der Waals surface area contributed by atoms with Crippen molar-refractivity contribution in [2.75, 3.05) is 0 Å². The van der Waals surface area contributed by atoms with Crippen molar-refractivity contribution >= 4 is 5.97 Å². The van der Waals surface area contributed by atoms with Crippen LogP contribution in [0, 0.1) is 5.92 Å². The lowest BCUT2D eigenvalue weighted by atomic mass is 9.88. The summed E-state index contributed by atoms with van der Waals surface area (Å²) < 4.78 is 0. The Morgan fingerprint density at radius 2 is 2.50 bits per heavy atom. The maximum Gasteiger partial charge on any atom is 0.306 e. The molecule has 2 nitrogen and oxygen atoms in total. The van der Waals surface area contributed by atoms with Crippen molar-refractivity contribution in [3.05, 3.63) is 23.8 Å². The summed E-state index contributed by atoms with van der Waals surface area (Å²) in [6.45, 7) is 2.02.